The Morgan fingerprint density at radius 1 is 1.53 bits per heavy atom. The van der Waals surface area contributed by atoms with Gasteiger partial charge in [0.15, 0.2) is 0 Å². The first kappa shape index (κ1) is 10.0. The number of nitrogens with zero attached hydrogens (tertiary/aromatic N) is 1. The van der Waals surface area contributed by atoms with Gasteiger partial charge in [-0.25, -0.2) is 5.06 Å². The first-order valence-electron chi connectivity index (χ1n) is 4.88. The molecule has 0 spiro atoms. The van der Waals surface area contributed by atoms with Crippen LogP contribution in [0.15, 0.2) is 23.1 Å². The predicted molar refractivity (Wildman–Crippen MR) is 51.2 cm³/mol. The van der Waals surface area contributed by atoms with Gasteiger partial charge in [-0.2, -0.15) is 0 Å². The first-order valence-corrected chi connectivity index (χ1v) is 4.88. The quantitative estimate of drug-likeness (QED) is 0.608. The molecule has 1 heterocycles. The van der Waals surface area contributed by atoms with Crippen molar-refractivity contribution < 1.29 is 20.2 Å². The van der Waals surface area contributed by atoms with E-state index in [1.165, 1.54) is 6.08 Å². The minimum absolute atomic E-state index is 0.164. The molecule has 0 unspecified atom stereocenters. The van der Waals surface area contributed by atoms with E-state index in [1.807, 2.05) is 0 Å². The minimum atomic E-state index is -0.787. The Morgan fingerprint density at radius 3 is 2.93 bits per heavy atom. The maximum absolute atomic E-state index is 10.8. The van der Waals surface area contributed by atoms with E-state index in [9.17, 15) is 15.1 Å². The molecule has 1 aliphatic heterocycles. The van der Waals surface area contributed by atoms with Crippen LogP contribution in [-0.2, 0) is 4.79 Å². The summed E-state index contributed by atoms with van der Waals surface area (Å²) in [7, 11) is 0. The number of hydroxylamine groups is 2. The molecule has 0 aromatic rings. The summed E-state index contributed by atoms with van der Waals surface area (Å²) < 4.78 is 0. The van der Waals surface area contributed by atoms with Gasteiger partial charge < -0.3 is 10.2 Å². The number of aliphatic carboxylic acids is 1. The van der Waals surface area contributed by atoms with Crippen LogP contribution in [0.4, 0.5) is 0 Å². The molecule has 1 aliphatic carbocycles. The van der Waals surface area contributed by atoms with Crippen LogP contribution >= 0.6 is 0 Å². The molecule has 0 saturated carbocycles. The molecular formula is C10H13NO4. The molecular weight excluding hydrogens is 198 g/mol. The zero-order valence-electron chi connectivity index (χ0n) is 8.18. The van der Waals surface area contributed by atoms with Gasteiger partial charge in [-0.15, -0.1) is 0 Å². The highest BCUT2D eigenvalue weighted by Crippen LogP contribution is 2.33. The highest BCUT2D eigenvalue weighted by molar-refractivity contribution is 5.71. The zero-order valence-corrected chi connectivity index (χ0v) is 8.18. The van der Waals surface area contributed by atoms with Crippen molar-refractivity contribution in [3.05, 3.63) is 23.1 Å². The van der Waals surface area contributed by atoms with Crippen LogP contribution in [0.1, 0.15) is 19.3 Å². The highest BCUT2D eigenvalue weighted by atomic mass is 16.5. The van der Waals surface area contributed by atoms with Gasteiger partial charge in [-0.05, 0) is 30.4 Å². The fraction of sp³-hybridized carbons (Fsp3) is 0.500. The molecule has 0 fully saturated rings. The lowest BCUT2D eigenvalue weighted by molar-refractivity contribution is -0.142. The van der Waals surface area contributed by atoms with Crippen LogP contribution < -0.4 is 0 Å². The second-order valence-corrected chi connectivity index (χ2v) is 3.97. The normalized spacial score (nSPS) is 26.1. The topological polar surface area (TPSA) is 81.0 Å². The fourth-order valence-corrected chi connectivity index (χ4v) is 2.08. The Morgan fingerprint density at radius 2 is 2.27 bits per heavy atom. The molecule has 0 aromatic carbocycles. The highest BCUT2D eigenvalue weighted by Gasteiger charge is 2.29. The Kier molecular flexibility index (Phi) is 2.40. The van der Waals surface area contributed by atoms with Gasteiger partial charge in [0, 0.05) is 6.08 Å². The van der Waals surface area contributed by atoms with Crippen molar-refractivity contribution in [2.24, 2.45) is 5.92 Å². The predicted octanol–water partition coefficient (Wildman–Crippen LogP) is 1.27. The number of carbonyl (C=O) groups is 1. The maximum Gasteiger partial charge on any atom is 0.306 e. The molecule has 0 saturated heterocycles. The molecule has 3 N–H and O–H groups in total. The van der Waals surface area contributed by atoms with Gasteiger partial charge in [0.2, 0.25) is 5.88 Å². The van der Waals surface area contributed by atoms with Gasteiger partial charge in [0.05, 0.1) is 12.5 Å². The lowest BCUT2D eigenvalue weighted by Gasteiger charge is -2.30. The second kappa shape index (κ2) is 3.58. The Labute approximate surface area is 86.9 Å². The van der Waals surface area contributed by atoms with Crippen molar-refractivity contribution in [3.63, 3.8) is 0 Å². The number of hydrogen-bond donors (Lipinski definition) is 3. The molecule has 2 aliphatic rings. The van der Waals surface area contributed by atoms with Crippen LogP contribution in [0.2, 0.25) is 0 Å². The van der Waals surface area contributed by atoms with Gasteiger partial charge >= 0.3 is 5.97 Å². The average molecular weight is 211 g/mol. The number of carboxylic acid groups (broad SMARTS) is 1. The van der Waals surface area contributed by atoms with E-state index >= 15 is 0 Å². The summed E-state index contributed by atoms with van der Waals surface area (Å²) in [6.45, 7) is 0.210. The average Bonchev–Trinajstić information content (AvgIpc) is 2.19. The van der Waals surface area contributed by atoms with Crippen LogP contribution in [-0.4, -0.2) is 33.0 Å². The molecule has 1 atom stereocenters. The molecule has 5 heteroatoms. The summed E-state index contributed by atoms with van der Waals surface area (Å²) in [6.07, 6.45) is 3.23. The smallest absolute Gasteiger partial charge is 0.306 e. The van der Waals surface area contributed by atoms with E-state index in [2.05, 4.69) is 0 Å². The van der Waals surface area contributed by atoms with E-state index < -0.39 is 5.97 Å². The summed E-state index contributed by atoms with van der Waals surface area (Å²) in [5.41, 5.74) is 1.88. The summed E-state index contributed by atoms with van der Waals surface area (Å²) in [5, 5.41) is 28.2. The van der Waals surface area contributed by atoms with Gasteiger partial charge in [-0.1, -0.05) is 0 Å². The summed E-state index contributed by atoms with van der Waals surface area (Å²) in [4.78, 5) is 10.8. The monoisotopic (exact) mass is 211 g/mol. The van der Waals surface area contributed by atoms with Crippen molar-refractivity contribution in [2.75, 3.05) is 6.54 Å². The number of aliphatic hydroxyl groups excluding tert-OH is 1. The van der Waals surface area contributed by atoms with Crippen molar-refractivity contribution in [1.29, 1.82) is 0 Å². The fourth-order valence-electron chi connectivity index (χ4n) is 2.08. The number of carboxylic acids is 1. The SMILES string of the molecule is O=C(O)[C@H]1CCC2=C(C1)CN(O)C(O)=C2. The molecule has 0 amide bonds. The second-order valence-electron chi connectivity index (χ2n) is 3.97. The summed E-state index contributed by atoms with van der Waals surface area (Å²) in [6, 6.07) is 0. The number of rotatable bonds is 1. The van der Waals surface area contributed by atoms with Crippen LogP contribution in [0.3, 0.4) is 0 Å². The van der Waals surface area contributed by atoms with Crippen molar-refractivity contribution >= 4 is 5.97 Å². The first-order chi connectivity index (χ1) is 7.08. The summed E-state index contributed by atoms with van der Waals surface area (Å²) in [5.74, 6) is -1.31. The van der Waals surface area contributed by atoms with E-state index in [0.29, 0.717) is 19.3 Å². The minimum Gasteiger partial charge on any atom is -0.493 e. The van der Waals surface area contributed by atoms with Crippen LogP contribution in [0, 0.1) is 5.92 Å². The third-order valence-corrected chi connectivity index (χ3v) is 2.97. The Hall–Kier alpha value is -1.49. The number of aliphatic hydroxyl groups is 1. The third-order valence-electron chi connectivity index (χ3n) is 2.97. The van der Waals surface area contributed by atoms with Crippen molar-refractivity contribution in [3.8, 4) is 0 Å². The number of hydrogen-bond acceptors (Lipinski definition) is 4. The standard InChI is InChI=1S/C10H13NO4/c12-9-4-6-1-2-7(10(13)14)3-8(6)5-11(9)15/h4,7,12,15H,1-3,5H2,(H,13,14)/t7-/m0/s1. The van der Waals surface area contributed by atoms with Crippen LogP contribution in [0.25, 0.3) is 0 Å². The van der Waals surface area contributed by atoms with Gasteiger partial charge in [0.25, 0.3) is 0 Å². The largest absolute Gasteiger partial charge is 0.493 e. The van der Waals surface area contributed by atoms with Crippen molar-refractivity contribution in [1.82, 2.24) is 5.06 Å². The molecule has 2 rings (SSSR count). The Bertz CT molecular complexity index is 358. The van der Waals surface area contributed by atoms with Gasteiger partial charge in [-0.3, -0.25) is 10.0 Å². The van der Waals surface area contributed by atoms with E-state index in [0.717, 1.165) is 16.2 Å². The zero-order chi connectivity index (χ0) is 11.0. The molecule has 0 aromatic heterocycles. The maximum atomic E-state index is 10.8. The number of allylic oxidation sites excluding steroid dienone is 2. The van der Waals surface area contributed by atoms with Crippen LogP contribution in [0.5, 0.6) is 0 Å². The van der Waals surface area contributed by atoms with E-state index in [4.69, 9.17) is 5.11 Å². The summed E-state index contributed by atoms with van der Waals surface area (Å²) >= 11 is 0. The third kappa shape index (κ3) is 1.83. The molecule has 0 radical (unpaired) electrons. The molecule has 0 bridgehead atoms. The Balaban J connectivity index is 2.19. The van der Waals surface area contributed by atoms with E-state index in [1.54, 1.807) is 0 Å². The van der Waals surface area contributed by atoms with Gasteiger partial charge in [0.1, 0.15) is 0 Å². The van der Waals surface area contributed by atoms with E-state index in [-0.39, 0.29) is 18.3 Å². The molecule has 15 heavy (non-hydrogen) atoms. The van der Waals surface area contributed by atoms with Crippen molar-refractivity contribution in [2.45, 2.75) is 19.3 Å². The molecule has 5 nitrogen and oxygen atoms in total. The molecule has 82 valence electrons. The lowest BCUT2D eigenvalue weighted by atomic mass is 9.82. The lowest BCUT2D eigenvalue weighted by Crippen LogP contribution is -2.30.